The summed E-state index contributed by atoms with van der Waals surface area (Å²) >= 11 is 5.95. The molecule has 1 aromatic carbocycles. The van der Waals surface area contributed by atoms with Gasteiger partial charge in [-0.15, -0.1) is 0 Å². The summed E-state index contributed by atoms with van der Waals surface area (Å²) in [7, 11) is 0. The minimum atomic E-state index is -1.28. The van der Waals surface area contributed by atoms with E-state index >= 15 is 0 Å². The number of benzene rings is 1. The first-order chi connectivity index (χ1) is 5.52. The molecule has 1 rings (SSSR count). The largest absolute Gasteiger partial charge is 0.478 e. The molecule has 0 heterocycles. The number of hydrogen-bond donors (Lipinski definition) is 1. The van der Waals surface area contributed by atoms with Crippen molar-refractivity contribution in [2.45, 2.75) is 0 Å². The van der Waals surface area contributed by atoms with Crippen LogP contribution in [0.3, 0.4) is 0 Å². The highest BCUT2D eigenvalue weighted by molar-refractivity contribution is 9.11. The molecular weight excluding hydrogens is 295 g/mol. The van der Waals surface area contributed by atoms with E-state index in [9.17, 15) is 9.18 Å². The van der Waals surface area contributed by atoms with Crippen LogP contribution in [0.5, 0.6) is 0 Å². The van der Waals surface area contributed by atoms with Gasteiger partial charge in [-0.05, 0) is 28.1 Å². The minimum Gasteiger partial charge on any atom is -0.478 e. The molecule has 2 nitrogen and oxygen atoms in total. The Kier molecular flexibility index (Phi) is 2.85. The molecule has 12 heavy (non-hydrogen) atoms. The van der Waals surface area contributed by atoms with Crippen LogP contribution in [0.4, 0.5) is 4.39 Å². The van der Waals surface area contributed by atoms with Crippen molar-refractivity contribution in [1.29, 1.82) is 0 Å². The molecule has 0 aliphatic heterocycles. The molecule has 0 bridgehead atoms. The summed E-state index contributed by atoms with van der Waals surface area (Å²) in [5, 5.41) is 8.53. The molecule has 0 spiro atoms. The molecule has 5 heteroatoms. The number of hydrogen-bond acceptors (Lipinski definition) is 1. The van der Waals surface area contributed by atoms with Gasteiger partial charge in [0, 0.05) is 4.47 Å². The summed E-state index contributed by atoms with van der Waals surface area (Å²) in [6.45, 7) is 0. The van der Waals surface area contributed by atoms with Crippen molar-refractivity contribution < 1.29 is 14.3 Å². The average Bonchev–Trinajstić information content (AvgIpc) is 1.96. The Hall–Kier alpha value is -0.420. The topological polar surface area (TPSA) is 37.3 Å². The van der Waals surface area contributed by atoms with Gasteiger partial charge in [0.05, 0.1) is 10.0 Å². The summed E-state index contributed by atoms with van der Waals surface area (Å²) in [5.41, 5.74) is -0.351. The maximum atomic E-state index is 13.0. The number of rotatable bonds is 1. The van der Waals surface area contributed by atoms with Gasteiger partial charge < -0.3 is 5.11 Å². The molecule has 1 aromatic rings. The van der Waals surface area contributed by atoms with E-state index in [0.29, 0.717) is 4.47 Å². The van der Waals surface area contributed by atoms with Gasteiger partial charge in [0.25, 0.3) is 0 Å². The second kappa shape index (κ2) is 3.53. The number of carbonyl (C=O) groups is 1. The highest BCUT2D eigenvalue weighted by atomic mass is 79.9. The lowest BCUT2D eigenvalue weighted by molar-refractivity contribution is 0.0691. The van der Waals surface area contributed by atoms with E-state index in [1.165, 1.54) is 12.1 Å². The quantitative estimate of drug-likeness (QED) is 0.809. The Balaban J connectivity index is 3.37. The lowest BCUT2D eigenvalue weighted by atomic mass is 10.2. The minimum absolute atomic E-state index is 0.134. The second-order valence-electron chi connectivity index (χ2n) is 2.05. The van der Waals surface area contributed by atoms with Gasteiger partial charge in [-0.3, -0.25) is 0 Å². The molecule has 0 aliphatic carbocycles. The van der Waals surface area contributed by atoms with Crippen molar-refractivity contribution in [3.8, 4) is 0 Å². The van der Waals surface area contributed by atoms with Crippen LogP contribution < -0.4 is 0 Å². The van der Waals surface area contributed by atoms with Gasteiger partial charge in [0.1, 0.15) is 0 Å². The first-order valence-corrected chi connectivity index (χ1v) is 4.49. The highest BCUT2D eigenvalue weighted by Crippen LogP contribution is 2.24. The molecule has 0 amide bonds. The third kappa shape index (κ3) is 1.84. The smallest absolute Gasteiger partial charge is 0.338 e. The van der Waals surface area contributed by atoms with E-state index in [1.54, 1.807) is 0 Å². The summed E-state index contributed by atoms with van der Waals surface area (Å²) in [5.74, 6) is -2.04. The third-order valence-electron chi connectivity index (χ3n) is 1.22. The van der Waals surface area contributed by atoms with E-state index in [2.05, 4.69) is 31.9 Å². The van der Waals surface area contributed by atoms with Crippen molar-refractivity contribution in [2.75, 3.05) is 0 Å². The van der Waals surface area contributed by atoms with Crippen LogP contribution in [-0.2, 0) is 0 Å². The SMILES string of the molecule is O=C(O)c1cc(Br)cc(Br)c1F. The van der Waals surface area contributed by atoms with Gasteiger partial charge in [-0.25, -0.2) is 9.18 Å². The lowest BCUT2D eigenvalue weighted by Gasteiger charge is -2.00. The fraction of sp³-hybridized carbons (Fsp3) is 0. The molecule has 64 valence electrons. The Bertz CT molecular complexity index is 338. The van der Waals surface area contributed by atoms with E-state index in [-0.39, 0.29) is 10.0 Å². The second-order valence-corrected chi connectivity index (χ2v) is 3.82. The summed E-state index contributed by atoms with van der Waals surface area (Å²) in [4.78, 5) is 10.4. The zero-order chi connectivity index (χ0) is 9.30. The fourth-order valence-corrected chi connectivity index (χ4v) is 1.94. The monoisotopic (exact) mass is 296 g/mol. The molecule has 0 saturated heterocycles. The van der Waals surface area contributed by atoms with Crippen LogP contribution >= 0.6 is 31.9 Å². The summed E-state index contributed by atoms with van der Waals surface area (Å²) in [6.07, 6.45) is 0. The Morgan fingerprint density at radius 2 is 2.00 bits per heavy atom. The van der Waals surface area contributed by atoms with Gasteiger partial charge in [0.2, 0.25) is 0 Å². The van der Waals surface area contributed by atoms with E-state index in [4.69, 9.17) is 5.11 Å². The molecule has 0 fully saturated rings. The maximum Gasteiger partial charge on any atom is 0.338 e. The number of carboxylic acid groups (broad SMARTS) is 1. The number of carboxylic acids is 1. The van der Waals surface area contributed by atoms with Gasteiger partial charge in [-0.2, -0.15) is 0 Å². The molecule has 0 atom stereocenters. The predicted molar refractivity (Wildman–Crippen MR) is 48.8 cm³/mol. The van der Waals surface area contributed by atoms with Crippen LogP contribution in [0.1, 0.15) is 10.4 Å². The van der Waals surface area contributed by atoms with Crippen LogP contribution in [-0.4, -0.2) is 11.1 Å². The fourth-order valence-electron chi connectivity index (χ4n) is 0.712. The molecule has 1 N–H and O–H groups in total. The van der Waals surface area contributed by atoms with Gasteiger partial charge in [0.15, 0.2) is 5.82 Å². The Morgan fingerprint density at radius 1 is 1.42 bits per heavy atom. The first kappa shape index (κ1) is 9.67. The molecule has 0 unspecified atom stereocenters. The van der Waals surface area contributed by atoms with Crippen LogP contribution in [0, 0.1) is 5.82 Å². The molecule has 0 aromatic heterocycles. The zero-order valence-electron chi connectivity index (χ0n) is 5.64. The molecule has 0 radical (unpaired) electrons. The highest BCUT2D eigenvalue weighted by Gasteiger charge is 2.13. The van der Waals surface area contributed by atoms with Crippen molar-refractivity contribution in [3.05, 3.63) is 32.5 Å². The van der Waals surface area contributed by atoms with Crippen LogP contribution in [0.15, 0.2) is 21.1 Å². The standard InChI is InChI=1S/C7H3Br2FO2/c8-3-1-4(7(11)12)6(10)5(9)2-3/h1-2H,(H,11,12). The Morgan fingerprint density at radius 3 is 2.50 bits per heavy atom. The van der Waals surface area contributed by atoms with Crippen molar-refractivity contribution in [2.24, 2.45) is 0 Å². The lowest BCUT2D eigenvalue weighted by Crippen LogP contribution is -2.00. The molecule has 0 saturated carbocycles. The average molecular weight is 298 g/mol. The van der Waals surface area contributed by atoms with Crippen LogP contribution in [0.2, 0.25) is 0 Å². The van der Waals surface area contributed by atoms with Gasteiger partial charge >= 0.3 is 5.97 Å². The third-order valence-corrected chi connectivity index (χ3v) is 2.26. The maximum absolute atomic E-state index is 13.0. The number of halogens is 3. The predicted octanol–water partition coefficient (Wildman–Crippen LogP) is 3.05. The summed E-state index contributed by atoms with van der Waals surface area (Å²) in [6, 6.07) is 2.66. The molecule has 0 aliphatic rings. The zero-order valence-corrected chi connectivity index (χ0v) is 8.82. The van der Waals surface area contributed by atoms with Crippen molar-refractivity contribution in [3.63, 3.8) is 0 Å². The van der Waals surface area contributed by atoms with Crippen molar-refractivity contribution >= 4 is 37.8 Å². The molecular formula is C7H3Br2FO2. The Labute approximate surface area is 84.7 Å². The van der Waals surface area contributed by atoms with E-state index in [1.807, 2.05) is 0 Å². The van der Waals surface area contributed by atoms with Gasteiger partial charge in [-0.1, -0.05) is 15.9 Å². The number of aromatic carboxylic acids is 1. The van der Waals surface area contributed by atoms with Crippen LogP contribution in [0.25, 0.3) is 0 Å². The van der Waals surface area contributed by atoms with E-state index in [0.717, 1.165) is 0 Å². The van der Waals surface area contributed by atoms with E-state index < -0.39 is 11.8 Å². The van der Waals surface area contributed by atoms with Crippen molar-refractivity contribution in [1.82, 2.24) is 0 Å². The first-order valence-electron chi connectivity index (χ1n) is 2.90. The normalized spacial score (nSPS) is 9.92. The summed E-state index contributed by atoms with van der Waals surface area (Å²) < 4.78 is 13.6.